The van der Waals surface area contributed by atoms with Crippen molar-refractivity contribution in [2.24, 2.45) is 0 Å². The van der Waals surface area contributed by atoms with Gasteiger partial charge < -0.3 is 5.32 Å². The number of aromatic nitrogens is 1. The number of nitrogens with zero attached hydrogens (tertiary/aromatic N) is 1. The summed E-state index contributed by atoms with van der Waals surface area (Å²) in [6, 6.07) is 5.35. The average Bonchev–Trinajstić information content (AvgIpc) is 2.92. The summed E-state index contributed by atoms with van der Waals surface area (Å²) in [5.41, 5.74) is 0.586. The van der Waals surface area contributed by atoms with Crippen molar-refractivity contribution in [2.75, 3.05) is 0 Å². The number of hydrogen-bond donors (Lipinski definition) is 2. The summed E-state index contributed by atoms with van der Waals surface area (Å²) in [4.78, 5) is 17.3. The number of rotatable bonds is 4. The number of thiazole rings is 1. The summed E-state index contributed by atoms with van der Waals surface area (Å²) in [6.45, 7) is 2.02. The first-order chi connectivity index (χ1) is 9.11. The van der Waals surface area contributed by atoms with Gasteiger partial charge in [0.05, 0.1) is 11.6 Å². The van der Waals surface area contributed by atoms with Crippen molar-refractivity contribution in [3.8, 4) is 0 Å². The fourth-order valence-electron chi connectivity index (χ4n) is 1.67. The van der Waals surface area contributed by atoms with E-state index in [1.54, 1.807) is 23.6 Å². The Hall–Kier alpha value is -0.850. The predicted molar refractivity (Wildman–Crippen MR) is 84.0 cm³/mol. The van der Waals surface area contributed by atoms with E-state index in [0.29, 0.717) is 5.56 Å². The highest BCUT2D eigenvalue weighted by atomic mass is 79.9. The second kappa shape index (κ2) is 6.54. The molecule has 1 atom stereocenters. The third-order valence-electron chi connectivity index (χ3n) is 2.66. The molecule has 1 N–H and O–H groups in total. The summed E-state index contributed by atoms with van der Waals surface area (Å²) < 4.78 is 0.761. The van der Waals surface area contributed by atoms with Gasteiger partial charge in [-0.3, -0.25) is 4.79 Å². The number of nitrogens with one attached hydrogen (secondary N) is 1. The van der Waals surface area contributed by atoms with E-state index in [4.69, 9.17) is 0 Å². The molecule has 1 amide bonds. The molecule has 0 bridgehead atoms. The van der Waals surface area contributed by atoms with Crippen LogP contribution in [-0.2, 0) is 0 Å². The monoisotopic (exact) mass is 356 g/mol. The molecule has 0 aliphatic rings. The first kappa shape index (κ1) is 14.6. The minimum absolute atomic E-state index is 0.0528. The molecule has 0 spiro atoms. The van der Waals surface area contributed by atoms with E-state index in [-0.39, 0.29) is 11.9 Å². The van der Waals surface area contributed by atoms with Gasteiger partial charge in [-0.2, -0.15) is 0 Å². The maximum Gasteiger partial charge on any atom is 0.253 e. The second-order valence-corrected chi connectivity index (χ2v) is 6.27. The Labute approximate surface area is 130 Å². The van der Waals surface area contributed by atoms with E-state index in [1.807, 2.05) is 24.4 Å². The average molecular weight is 357 g/mol. The van der Waals surface area contributed by atoms with Gasteiger partial charge in [-0.25, -0.2) is 4.98 Å². The molecule has 6 heteroatoms. The van der Waals surface area contributed by atoms with Crippen molar-refractivity contribution in [3.63, 3.8) is 0 Å². The van der Waals surface area contributed by atoms with Gasteiger partial charge in [-0.1, -0.05) is 6.92 Å². The number of halogens is 1. The van der Waals surface area contributed by atoms with Crippen LogP contribution in [0, 0.1) is 0 Å². The normalized spacial score (nSPS) is 12.2. The Balaban J connectivity index is 2.18. The Morgan fingerprint density at radius 3 is 3.00 bits per heavy atom. The van der Waals surface area contributed by atoms with Crippen LogP contribution in [0.2, 0.25) is 0 Å². The summed E-state index contributed by atoms with van der Waals surface area (Å²) in [5.74, 6) is -0.121. The molecule has 1 unspecified atom stereocenters. The van der Waals surface area contributed by atoms with Crippen molar-refractivity contribution in [1.82, 2.24) is 10.3 Å². The second-order valence-electron chi connectivity index (χ2n) is 3.97. The smallest absolute Gasteiger partial charge is 0.253 e. The minimum atomic E-state index is -0.121. The lowest BCUT2D eigenvalue weighted by Gasteiger charge is -2.15. The maximum absolute atomic E-state index is 12.3. The first-order valence-electron chi connectivity index (χ1n) is 5.80. The molecule has 2 aromatic rings. The molecule has 1 aromatic heterocycles. The van der Waals surface area contributed by atoms with E-state index in [9.17, 15) is 4.79 Å². The molecule has 0 radical (unpaired) electrons. The molecule has 0 aliphatic carbocycles. The van der Waals surface area contributed by atoms with E-state index >= 15 is 0 Å². The summed E-state index contributed by atoms with van der Waals surface area (Å²) in [5, 5.41) is 5.83. The molecule has 2 rings (SSSR count). The summed E-state index contributed by atoms with van der Waals surface area (Å²) in [7, 11) is 0. The van der Waals surface area contributed by atoms with E-state index in [2.05, 4.69) is 38.9 Å². The van der Waals surface area contributed by atoms with E-state index in [1.165, 1.54) is 0 Å². The molecule has 1 aromatic carbocycles. The quantitative estimate of drug-likeness (QED) is 0.810. The van der Waals surface area contributed by atoms with Gasteiger partial charge in [0.25, 0.3) is 5.91 Å². The van der Waals surface area contributed by atoms with Crippen LogP contribution in [0.1, 0.15) is 34.8 Å². The lowest BCUT2D eigenvalue weighted by Crippen LogP contribution is -2.28. The zero-order valence-corrected chi connectivity index (χ0v) is 13.6. The molecule has 3 nitrogen and oxygen atoms in total. The van der Waals surface area contributed by atoms with Crippen LogP contribution in [0.15, 0.2) is 39.1 Å². The van der Waals surface area contributed by atoms with Crippen LogP contribution in [0.5, 0.6) is 0 Å². The van der Waals surface area contributed by atoms with Gasteiger partial charge >= 0.3 is 0 Å². The van der Waals surface area contributed by atoms with Crippen molar-refractivity contribution >= 4 is 45.8 Å². The van der Waals surface area contributed by atoms with Crippen LogP contribution in [0.25, 0.3) is 0 Å². The van der Waals surface area contributed by atoms with Gasteiger partial charge in [-0.15, -0.1) is 24.0 Å². The summed E-state index contributed by atoms with van der Waals surface area (Å²) >= 11 is 9.19. The lowest BCUT2D eigenvalue weighted by atomic mass is 10.1. The van der Waals surface area contributed by atoms with E-state index < -0.39 is 0 Å². The largest absolute Gasteiger partial charge is 0.343 e. The van der Waals surface area contributed by atoms with Crippen molar-refractivity contribution in [1.29, 1.82) is 0 Å². The standard InChI is InChI=1S/C13H13BrN2OS2/c1-2-11(13-15-5-6-19-13)16-12(17)9-7-8(18)3-4-10(9)14/h3-7,11,18H,2H2,1H3,(H,16,17). The highest BCUT2D eigenvalue weighted by Gasteiger charge is 2.17. The lowest BCUT2D eigenvalue weighted by molar-refractivity contribution is 0.0934. The number of amides is 1. The van der Waals surface area contributed by atoms with Crippen LogP contribution < -0.4 is 5.32 Å². The number of carbonyl (C=O) groups excluding carboxylic acids is 1. The van der Waals surface area contributed by atoms with Crippen molar-refractivity contribution in [2.45, 2.75) is 24.3 Å². The van der Waals surface area contributed by atoms with Crippen LogP contribution in [0.4, 0.5) is 0 Å². The number of thiol groups is 1. The third-order valence-corrected chi connectivity index (χ3v) is 4.52. The van der Waals surface area contributed by atoms with Crippen molar-refractivity contribution < 1.29 is 4.79 Å². The van der Waals surface area contributed by atoms with Gasteiger partial charge in [0.15, 0.2) is 0 Å². The zero-order valence-electron chi connectivity index (χ0n) is 10.3. The fourth-order valence-corrected chi connectivity index (χ4v) is 3.07. The number of benzene rings is 1. The van der Waals surface area contributed by atoms with Gasteiger partial charge in [0, 0.05) is 20.9 Å². The Morgan fingerprint density at radius 1 is 1.58 bits per heavy atom. The molecular formula is C13H13BrN2OS2. The van der Waals surface area contributed by atoms with E-state index in [0.717, 1.165) is 20.8 Å². The van der Waals surface area contributed by atoms with Crippen LogP contribution >= 0.6 is 39.9 Å². The SMILES string of the molecule is CCC(NC(=O)c1cc(S)ccc1Br)c1nccs1. The molecular weight excluding hydrogens is 344 g/mol. The van der Waals surface area contributed by atoms with Gasteiger partial charge in [-0.05, 0) is 40.5 Å². The summed E-state index contributed by atoms with van der Waals surface area (Å²) in [6.07, 6.45) is 2.55. The first-order valence-corrected chi connectivity index (χ1v) is 7.92. The van der Waals surface area contributed by atoms with Gasteiger partial charge in [0.1, 0.15) is 5.01 Å². The van der Waals surface area contributed by atoms with Crippen LogP contribution in [-0.4, -0.2) is 10.9 Å². The Bertz CT molecular complexity index is 572. The molecule has 0 fully saturated rings. The molecule has 0 saturated heterocycles. The molecule has 0 aliphatic heterocycles. The zero-order chi connectivity index (χ0) is 13.8. The highest BCUT2D eigenvalue weighted by Crippen LogP contribution is 2.23. The molecule has 0 saturated carbocycles. The minimum Gasteiger partial charge on any atom is -0.343 e. The predicted octanol–water partition coefficient (Wildman–Crippen LogP) is 4.08. The third kappa shape index (κ3) is 3.58. The maximum atomic E-state index is 12.3. The molecule has 100 valence electrons. The highest BCUT2D eigenvalue weighted by molar-refractivity contribution is 9.10. The van der Waals surface area contributed by atoms with Crippen LogP contribution in [0.3, 0.4) is 0 Å². The van der Waals surface area contributed by atoms with Gasteiger partial charge in [0.2, 0.25) is 0 Å². The fraction of sp³-hybridized carbons (Fsp3) is 0.231. The number of carbonyl (C=O) groups is 1. The Morgan fingerprint density at radius 2 is 2.37 bits per heavy atom. The Kier molecular flexibility index (Phi) is 5.01. The van der Waals surface area contributed by atoms with Crippen molar-refractivity contribution in [3.05, 3.63) is 44.8 Å². The topological polar surface area (TPSA) is 42.0 Å². The molecule has 1 heterocycles. The molecule has 19 heavy (non-hydrogen) atoms. The number of hydrogen-bond acceptors (Lipinski definition) is 4.